The molecule has 0 atom stereocenters. The molecule has 5 heteroatoms. The molecule has 0 saturated carbocycles. The van der Waals surface area contributed by atoms with Gasteiger partial charge in [0.15, 0.2) is 0 Å². The van der Waals surface area contributed by atoms with E-state index in [2.05, 4.69) is 0 Å². The molecule has 1 aromatic rings. The smallest absolute Gasteiger partial charge is 0.331 e. The van der Waals surface area contributed by atoms with E-state index in [0.717, 1.165) is 17.7 Å². The number of hydrogen-bond acceptors (Lipinski definition) is 3. The van der Waals surface area contributed by atoms with Crippen LogP contribution >= 0.6 is 11.6 Å². The van der Waals surface area contributed by atoms with Gasteiger partial charge in [0.25, 0.3) is 0 Å². The summed E-state index contributed by atoms with van der Waals surface area (Å²) in [4.78, 5) is 21.3. The van der Waals surface area contributed by atoms with Crippen molar-refractivity contribution in [2.24, 2.45) is 0 Å². The summed E-state index contributed by atoms with van der Waals surface area (Å²) in [6, 6.07) is 6.92. The molecule has 0 amide bonds. The van der Waals surface area contributed by atoms with Crippen molar-refractivity contribution in [2.75, 3.05) is 0 Å². The minimum absolute atomic E-state index is 0.142. The molecule has 0 bridgehead atoms. The van der Waals surface area contributed by atoms with Gasteiger partial charge in [-0.05, 0) is 17.7 Å². The molecule has 0 aliphatic heterocycles. The fourth-order valence-electron chi connectivity index (χ4n) is 1.06. The van der Waals surface area contributed by atoms with E-state index in [4.69, 9.17) is 21.4 Å². The van der Waals surface area contributed by atoms with Gasteiger partial charge in [-0.2, -0.15) is 0 Å². The molecule has 0 spiro atoms. The molecule has 18 heavy (non-hydrogen) atoms. The lowest BCUT2D eigenvalue weighted by atomic mass is 10.2. The summed E-state index contributed by atoms with van der Waals surface area (Å²) < 4.78 is 4.92. The maximum Gasteiger partial charge on any atom is 0.331 e. The fourth-order valence-corrected chi connectivity index (χ4v) is 1.18. The molecular weight excluding hydrogens is 256 g/mol. The highest BCUT2D eigenvalue weighted by atomic mass is 35.5. The number of benzene rings is 1. The number of ether oxygens (including phenoxy) is 1. The fraction of sp³-hybridized carbons (Fsp3) is 0.0769. The zero-order valence-electron chi connectivity index (χ0n) is 9.38. The molecule has 0 radical (unpaired) electrons. The highest BCUT2D eigenvalue weighted by molar-refractivity contribution is 6.30. The molecule has 0 aliphatic carbocycles. The van der Waals surface area contributed by atoms with Crippen LogP contribution < -0.4 is 0 Å². The third kappa shape index (κ3) is 5.86. The second-order valence-electron chi connectivity index (χ2n) is 3.29. The van der Waals surface area contributed by atoms with Gasteiger partial charge in [0.1, 0.15) is 6.61 Å². The standard InChI is InChI=1S/C13H11ClO4/c14-11-7-5-10(6-8-11)9-18-13(17)4-2-1-3-12(15)16/h1-8H,9H2,(H,15,16)/b3-1-,4-2-. The van der Waals surface area contributed by atoms with E-state index in [1.165, 1.54) is 12.2 Å². The first-order chi connectivity index (χ1) is 8.58. The van der Waals surface area contributed by atoms with Crippen molar-refractivity contribution in [1.29, 1.82) is 0 Å². The van der Waals surface area contributed by atoms with E-state index in [0.29, 0.717) is 5.02 Å². The Morgan fingerprint density at radius 1 is 1.17 bits per heavy atom. The minimum atomic E-state index is -1.07. The van der Waals surface area contributed by atoms with Gasteiger partial charge < -0.3 is 9.84 Å². The quantitative estimate of drug-likeness (QED) is 0.505. The Bertz CT molecular complexity index is 474. The van der Waals surface area contributed by atoms with Gasteiger partial charge in [-0.15, -0.1) is 0 Å². The maximum atomic E-state index is 11.2. The Hall–Kier alpha value is -2.07. The second kappa shape index (κ2) is 7.29. The van der Waals surface area contributed by atoms with Gasteiger partial charge in [-0.1, -0.05) is 35.9 Å². The first-order valence-corrected chi connectivity index (χ1v) is 5.44. The van der Waals surface area contributed by atoms with E-state index < -0.39 is 11.9 Å². The summed E-state index contributed by atoms with van der Waals surface area (Å²) in [6.07, 6.45) is 4.61. The lowest BCUT2D eigenvalue weighted by Gasteiger charge is -2.01. The van der Waals surface area contributed by atoms with Crippen LogP contribution in [0.25, 0.3) is 0 Å². The summed E-state index contributed by atoms with van der Waals surface area (Å²) in [7, 11) is 0. The average molecular weight is 267 g/mol. The van der Waals surface area contributed by atoms with E-state index >= 15 is 0 Å². The van der Waals surface area contributed by atoms with Crippen molar-refractivity contribution in [3.8, 4) is 0 Å². The normalized spacial score (nSPS) is 10.9. The number of carbonyl (C=O) groups excluding carboxylic acids is 1. The molecule has 0 aromatic heterocycles. The van der Waals surface area contributed by atoms with Crippen molar-refractivity contribution >= 4 is 23.5 Å². The highest BCUT2D eigenvalue weighted by Crippen LogP contribution is 2.10. The van der Waals surface area contributed by atoms with Gasteiger partial charge in [0.05, 0.1) is 0 Å². The number of aliphatic carboxylic acids is 1. The zero-order chi connectivity index (χ0) is 13.4. The van der Waals surface area contributed by atoms with E-state index in [1.807, 2.05) is 0 Å². The van der Waals surface area contributed by atoms with Crippen molar-refractivity contribution in [2.45, 2.75) is 6.61 Å². The Balaban J connectivity index is 2.37. The second-order valence-corrected chi connectivity index (χ2v) is 3.73. The molecule has 0 aliphatic rings. The first kappa shape index (κ1) is 14.0. The molecule has 4 nitrogen and oxygen atoms in total. The Morgan fingerprint density at radius 3 is 2.39 bits per heavy atom. The van der Waals surface area contributed by atoms with Crippen LogP contribution in [0.2, 0.25) is 5.02 Å². The van der Waals surface area contributed by atoms with Crippen LogP contribution in [0.1, 0.15) is 5.56 Å². The summed E-state index contributed by atoms with van der Waals surface area (Å²) in [5, 5.41) is 8.92. The highest BCUT2D eigenvalue weighted by Gasteiger charge is 1.98. The van der Waals surface area contributed by atoms with Crippen LogP contribution in [-0.4, -0.2) is 17.0 Å². The van der Waals surface area contributed by atoms with Crippen LogP contribution in [0.3, 0.4) is 0 Å². The number of halogens is 1. The van der Waals surface area contributed by atoms with Gasteiger partial charge in [0.2, 0.25) is 0 Å². The zero-order valence-corrected chi connectivity index (χ0v) is 10.1. The average Bonchev–Trinajstić information content (AvgIpc) is 2.34. The summed E-state index contributed by atoms with van der Waals surface area (Å²) in [5.41, 5.74) is 0.822. The predicted molar refractivity (Wildman–Crippen MR) is 67.2 cm³/mol. The SMILES string of the molecule is O=C(O)/C=C\C=C/C(=O)OCc1ccc(Cl)cc1. The molecule has 1 rings (SSSR count). The number of esters is 1. The summed E-state index contributed by atoms with van der Waals surface area (Å²) in [5.74, 6) is -1.62. The van der Waals surface area contributed by atoms with Crippen molar-refractivity contribution in [3.05, 3.63) is 59.2 Å². The van der Waals surface area contributed by atoms with Crippen LogP contribution in [0.5, 0.6) is 0 Å². The lowest BCUT2D eigenvalue weighted by Crippen LogP contribution is -2.00. The lowest BCUT2D eigenvalue weighted by molar-refractivity contribution is -0.139. The van der Waals surface area contributed by atoms with Crippen LogP contribution in [-0.2, 0) is 20.9 Å². The number of carboxylic acids is 1. The minimum Gasteiger partial charge on any atom is -0.478 e. The third-order valence-electron chi connectivity index (χ3n) is 1.88. The molecule has 0 saturated heterocycles. The number of carbonyl (C=O) groups is 2. The summed E-state index contributed by atoms with van der Waals surface area (Å²) in [6.45, 7) is 0.142. The number of rotatable bonds is 5. The Kier molecular flexibility index (Phi) is 5.67. The van der Waals surface area contributed by atoms with Gasteiger partial charge >= 0.3 is 11.9 Å². The van der Waals surface area contributed by atoms with Gasteiger partial charge in [-0.3, -0.25) is 0 Å². The van der Waals surface area contributed by atoms with Crippen molar-refractivity contribution in [1.82, 2.24) is 0 Å². The maximum absolute atomic E-state index is 11.2. The molecule has 1 aromatic carbocycles. The molecule has 0 fully saturated rings. The number of allylic oxidation sites excluding steroid dienone is 2. The molecule has 94 valence electrons. The largest absolute Gasteiger partial charge is 0.478 e. The number of hydrogen-bond donors (Lipinski definition) is 1. The molecule has 0 heterocycles. The van der Waals surface area contributed by atoms with Crippen LogP contribution in [0.4, 0.5) is 0 Å². The number of carboxylic acid groups (broad SMARTS) is 1. The van der Waals surface area contributed by atoms with Crippen molar-refractivity contribution < 1.29 is 19.4 Å². The van der Waals surface area contributed by atoms with Gasteiger partial charge in [0, 0.05) is 17.2 Å². The van der Waals surface area contributed by atoms with Crippen LogP contribution in [0.15, 0.2) is 48.6 Å². The van der Waals surface area contributed by atoms with E-state index in [1.54, 1.807) is 24.3 Å². The monoisotopic (exact) mass is 266 g/mol. The first-order valence-electron chi connectivity index (χ1n) is 5.07. The third-order valence-corrected chi connectivity index (χ3v) is 2.13. The Morgan fingerprint density at radius 2 is 1.78 bits per heavy atom. The van der Waals surface area contributed by atoms with E-state index in [9.17, 15) is 9.59 Å². The van der Waals surface area contributed by atoms with E-state index in [-0.39, 0.29) is 6.61 Å². The Labute approximate surface area is 109 Å². The molecule has 0 unspecified atom stereocenters. The topological polar surface area (TPSA) is 63.6 Å². The summed E-state index contributed by atoms with van der Waals surface area (Å²) >= 11 is 5.71. The van der Waals surface area contributed by atoms with Gasteiger partial charge in [-0.25, -0.2) is 9.59 Å². The van der Waals surface area contributed by atoms with Crippen LogP contribution in [0, 0.1) is 0 Å². The molecular formula is C13H11ClO4. The van der Waals surface area contributed by atoms with Crippen molar-refractivity contribution in [3.63, 3.8) is 0 Å². The molecule has 1 N–H and O–H groups in total. The predicted octanol–water partition coefficient (Wildman–Crippen LogP) is 2.58.